The lowest BCUT2D eigenvalue weighted by Crippen LogP contribution is -2.31. The first kappa shape index (κ1) is 18.1. The van der Waals surface area contributed by atoms with Gasteiger partial charge in [-0.25, -0.2) is 4.79 Å². The van der Waals surface area contributed by atoms with Crippen LogP contribution in [0.2, 0.25) is 0 Å². The maximum absolute atomic E-state index is 11.9. The summed E-state index contributed by atoms with van der Waals surface area (Å²) in [4.78, 5) is 27.8. The molecule has 0 saturated heterocycles. The fourth-order valence-electron chi connectivity index (χ4n) is 2.33. The minimum Gasteiger partial charge on any atom is -0.425 e. The maximum atomic E-state index is 11.9. The fourth-order valence-corrected chi connectivity index (χ4v) is 2.33. The number of hydrogen-bond donors (Lipinski definition) is 1. The van der Waals surface area contributed by atoms with E-state index in [0.717, 1.165) is 11.1 Å². The number of carbonyl (C=O) groups is 2. The summed E-state index contributed by atoms with van der Waals surface area (Å²) in [6.07, 6.45) is 7.40. The van der Waals surface area contributed by atoms with Gasteiger partial charge in [-0.15, -0.1) is 0 Å². The molecule has 1 heterocycles. The molecular weight excluding hydrogens is 340 g/mol. The molecule has 0 spiro atoms. The highest BCUT2D eigenvalue weighted by Gasteiger charge is 2.09. The van der Waals surface area contributed by atoms with Gasteiger partial charge in [-0.2, -0.15) is 0 Å². The maximum Gasteiger partial charge on any atom is 0.330 e. The van der Waals surface area contributed by atoms with E-state index >= 15 is 0 Å². The smallest absolute Gasteiger partial charge is 0.330 e. The van der Waals surface area contributed by atoms with Crippen LogP contribution in [0.25, 0.3) is 12.2 Å². The Balaban J connectivity index is 1.50. The molecule has 0 unspecified atom stereocenters. The van der Waals surface area contributed by atoms with E-state index in [4.69, 9.17) is 4.74 Å². The van der Waals surface area contributed by atoms with Crippen LogP contribution in [0.3, 0.4) is 0 Å². The van der Waals surface area contributed by atoms with Gasteiger partial charge >= 0.3 is 5.97 Å². The van der Waals surface area contributed by atoms with Crippen LogP contribution in [-0.4, -0.2) is 23.4 Å². The molecule has 5 nitrogen and oxygen atoms in total. The number of esters is 1. The molecule has 0 fully saturated rings. The van der Waals surface area contributed by atoms with E-state index in [1.54, 1.807) is 48.8 Å². The number of hydrogen-bond acceptors (Lipinski definition) is 4. The average Bonchev–Trinajstić information content (AvgIpc) is 2.73. The van der Waals surface area contributed by atoms with Crippen molar-refractivity contribution in [2.45, 2.75) is 0 Å². The second-order valence-corrected chi connectivity index (χ2v) is 5.71. The van der Waals surface area contributed by atoms with Crippen LogP contribution >= 0.6 is 0 Å². The van der Waals surface area contributed by atoms with Crippen molar-refractivity contribution < 1.29 is 14.3 Å². The van der Waals surface area contributed by atoms with Crippen molar-refractivity contribution in [2.24, 2.45) is 0 Å². The predicted octanol–water partition coefficient (Wildman–Crippen LogP) is 3.59. The molecule has 0 atom stereocenters. The van der Waals surface area contributed by atoms with Crippen molar-refractivity contribution in [1.82, 2.24) is 10.3 Å². The monoisotopic (exact) mass is 358 g/mol. The lowest BCUT2D eigenvalue weighted by molar-refractivity contribution is -0.133. The number of carbonyl (C=O) groups excluding carboxylic acids is 2. The van der Waals surface area contributed by atoms with E-state index in [1.165, 1.54) is 0 Å². The van der Waals surface area contributed by atoms with Crippen LogP contribution in [0, 0.1) is 0 Å². The zero-order valence-corrected chi connectivity index (χ0v) is 14.5. The van der Waals surface area contributed by atoms with Gasteiger partial charge in [0.15, 0.2) is 0 Å². The van der Waals surface area contributed by atoms with Gasteiger partial charge in [0.1, 0.15) is 12.3 Å². The highest BCUT2D eigenvalue weighted by molar-refractivity contribution is 5.96. The van der Waals surface area contributed by atoms with Gasteiger partial charge in [0.2, 0.25) is 0 Å². The Morgan fingerprint density at radius 2 is 1.48 bits per heavy atom. The summed E-state index contributed by atoms with van der Waals surface area (Å²) in [5, 5.41) is 2.54. The number of nitrogens with one attached hydrogen (secondary N) is 1. The van der Waals surface area contributed by atoms with Gasteiger partial charge in [-0.3, -0.25) is 9.78 Å². The Bertz CT molecular complexity index is 921. The van der Waals surface area contributed by atoms with Crippen LogP contribution in [0.15, 0.2) is 79.1 Å². The van der Waals surface area contributed by atoms with E-state index in [1.807, 2.05) is 42.5 Å². The Morgan fingerprint density at radius 3 is 2.15 bits per heavy atom. The molecule has 0 aliphatic heterocycles. The van der Waals surface area contributed by atoms with Gasteiger partial charge in [-0.1, -0.05) is 42.5 Å². The zero-order valence-electron chi connectivity index (χ0n) is 14.5. The van der Waals surface area contributed by atoms with E-state index < -0.39 is 5.97 Å². The molecule has 0 aliphatic rings. The highest BCUT2D eigenvalue weighted by Crippen LogP contribution is 2.14. The lowest BCUT2D eigenvalue weighted by Gasteiger charge is -2.06. The third-order valence-corrected chi connectivity index (χ3v) is 3.72. The van der Waals surface area contributed by atoms with Gasteiger partial charge in [-0.05, 0) is 47.5 Å². The van der Waals surface area contributed by atoms with Crippen molar-refractivity contribution >= 4 is 24.0 Å². The first-order chi connectivity index (χ1) is 13.2. The van der Waals surface area contributed by atoms with Gasteiger partial charge in [0.05, 0.1) is 0 Å². The number of rotatable bonds is 6. The zero-order chi connectivity index (χ0) is 18.9. The molecular formula is C22H18N2O3. The van der Waals surface area contributed by atoms with E-state index in [0.29, 0.717) is 11.3 Å². The van der Waals surface area contributed by atoms with Crippen molar-refractivity contribution in [1.29, 1.82) is 0 Å². The lowest BCUT2D eigenvalue weighted by atomic mass is 10.1. The average molecular weight is 358 g/mol. The van der Waals surface area contributed by atoms with E-state index in [2.05, 4.69) is 10.3 Å². The third kappa shape index (κ3) is 5.64. The summed E-state index contributed by atoms with van der Waals surface area (Å²) in [5.74, 6) is -0.418. The van der Waals surface area contributed by atoms with E-state index in [9.17, 15) is 9.59 Å². The minimum atomic E-state index is -0.528. The van der Waals surface area contributed by atoms with Crippen LogP contribution in [-0.2, 0) is 4.79 Å². The summed E-state index contributed by atoms with van der Waals surface area (Å²) in [7, 11) is 0. The van der Waals surface area contributed by atoms with Crippen LogP contribution < -0.4 is 10.1 Å². The standard InChI is InChI=1S/C22H18N2O3/c25-21(16-24-22(26)19-4-2-1-3-5-19)27-20-10-8-17(9-11-20)6-7-18-12-14-23-15-13-18/h1-15H,16H2,(H,24,26)/b7-6+. The van der Waals surface area contributed by atoms with Gasteiger partial charge in [0.25, 0.3) is 5.91 Å². The van der Waals surface area contributed by atoms with Gasteiger partial charge < -0.3 is 10.1 Å². The topological polar surface area (TPSA) is 68.3 Å². The van der Waals surface area contributed by atoms with Crippen molar-refractivity contribution in [3.05, 3.63) is 95.8 Å². The largest absolute Gasteiger partial charge is 0.425 e. The molecule has 0 saturated carbocycles. The second-order valence-electron chi connectivity index (χ2n) is 5.71. The Labute approximate surface area is 157 Å². The third-order valence-electron chi connectivity index (χ3n) is 3.72. The SMILES string of the molecule is O=C(CNC(=O)c1ccccc1)Oc1ccc(/C=C/c2ccncc2)cc1. The molecule has 1 amide bonds. The Kier molecular flexibility index (Phi) is 6.09. The molecule has 3 rings (SSSR count). The number of pyridine rings is 1. The molecule has 1 aromatic heterocycles. The normalized spacial score (nSPS) is 10.5. The molecule has 27 heavy (non-hydrogen) atoms. The number of ether oxygens (including phenoxy) is 1. The number of nitrogens with zero attached hydrogens (tertiary/aromatic N) is 1. The van der Waals surface area contributed by atoms with Gasteiger partial charge in [0, 0.05) is 18.0 Å². The Morgan fingerprint density at radius 1 is 0.852 bits per heavy atom. The number of benzene rings is 2. The fraction of sp³-hybridized carbons (Fsp3) is 0.0455. The quantitative estimate of drug-likeness (QED) is 0.540. The molecule has 134 valence electrons. The van der Waals surface area contributed by atoms with Crippen molar-refractivity contribution in [3.8, 4) is 5.75 Å². The molecule has 0 bridgehead atoms. The predicted molar refractivity (Wildman–Crippen MR) is 104 cm³/mol. The molecule has 0 aliphatic carbocycles. The molecule has 1 N–H and O–H groups in total. The summed E-state index contributed by atoms with van der Waals surface area (Å²) in [5.41, 5.74) is 2.52. The molecule has 3 aromatic rings. The Hall–Kier alpha value is -3.73. The van der Waals surface area contributed by atoms with Crippen LogP contribution in [0.5, 0.6) is 5.75 Å². The van der Waals surface area contributed by atoms with Crippen molar-refractivity contribution in [3.63, 3.8) is 0 Å². The summed E-state index contributed by atoms with van der Waals surface area (Å²) in [6.45, 7) is -0.197. The first-order valence-electron chi connectivity index (χ1n) is 8.43. The molecule has 2 aromatic carbocycles. The van der Waals surface area contributed by atoms with Crippen LogP contribution in [0.1, 0.15) is 21.5 Å². The molecule has 0 radical (unpaired) electrons. The highest BCUT2D eigenvalue weighted by atomic mass is 16.5. The first-order valence-corrected chi connectivity index (χ1v) is 8.43. The summed E-state index contributed by atoms with van der Waals surface area (Å²) < 4.78 is 5.23. The second kappa shape index (κ2) is 9.10. The molecule has 5 heteroatoms. The number of amides is 1. The summed E-state index contributed by atoms with van der Waals surface area (Å²) >= 11 is 0. The van der Waals surface area contributed by atoms with E-state index in [-0.39, 0.29) is 12.5 Å². The van der Waals surface area contributed by atoms with Crippen molar-refractivity contribution in [2.75, 3.05) is 6.54 Å². The summed E-state index contributed by atoms with van der Waals surface area (Å²) in [6, 6.07) is 19.7. The minimum absolute atomic E-state index is 0.197. The number of aromatic nitrogens is 1. The van der Waals surface area contributed by atoms with Crippen LogP contribution in [0.4, 0.5) is 0 Å².